The number of hydrogen-bond donors (Lipinski definition) is 2. The Morgan fingerprint density at radius 2 is 1.44 bits per heavy atom. The average molecular weight is 342 g/mol. The van der Waals surface area contributed by atoms with Crippen LogP contribution in [0.4, 0.5) is 0 Å². The zero-order valence-electron chi connectivity index (χ0n) is 14.6. The van der Waals surface area contributed by atoms with Crippen molar-refractivity contribution in [3.05, 3.63) is 59.2 Å². The molecule has 2 aromatic rings. The molecule has 0 aromatic heterocycles. The normalized spacial score (nSPS) is 10.0. The summed E-state index contributed by atoms with van der Waals surface area (Å²) in [5, 5.41) is 5.58. The Balaban J connectivity index is 1.94. The number of benzene rings is 2. The van der Waals surface area contributed by atoms with Crippen molar-refractivity contribution >= 4 is 11.8 Å². The molecule has 0 saturated carbocycles. The highest BCUT2D eigenvalue weighted by Crippen LogP contribution is 2.27. The Bertz CT molecular complexity index is 742. The minimum Gasteiger partial charge on any atom is -0.493 e. The van der Waals surface area contributed by atoms with Crippen molar-refractivity contribution in [1.82, 2.24) is 10.6 Å². The Morgan fingerprint density at radius 1 is 0.840 bits per heavy atom. The number of rotatable bonds is 7. The second-order valence-electron chi connectivity index (χ2n) is 5.48. The predicted molar refractivity (Wildman–Crippen MR) is 94.7 cm³/mol. The van der Waals surface area contributed by atoms with Crippen molar-refractivity contribution < 1.29 is 19.1 Å². The van der Waals surface area contributed by atoms with Gasteiger partial charge < -0.3 is 20.1 Å². The molecule has 0 bridgehead atoms. The maximum absolute atomic E-state index is 12.2. The van der Waals surface area contributed by atoms with Crippen molar-refractivity contribution in [3.63, 3.8) is 0 Å². The van der Waals surface area contributed by atoms with Crippen LogP contribution in [0.1, 0.15) is 28.4 Å². The first-order valence-corrected chi connectivity index (χ1v) is 7.86. The fourth-order valence-corrected chi connectivity index (χ4v) is 2.28. The van der Waals surface area contributed by atoms with Crippen LogP contribution in [0.3, 0.4) is 0 Å². The summed E-state index contributed by atoms with van der Waals surface area (Å²) in [5.74, 6) is 1.02. The van der Waals surface area contributed by atoms with Gasteiger partial charge in [0.15, 0.2) is 11.5 Å². The standard InChI is InChI=1S/C19H22N2O4/c1-13(22)20-11-14-4-7-16(8-5-14)19(23)21-12-15-6-9-17(24-2)18(10-15)25-3/h4-10H,11-12H2,1-3H3,(H,20,22)(H,21,23). The van der Waals surface area contributed by atoms with Gasteiger partial charge in [0, 0.05) is 25.6 Å². The molecular weight excluding hydrogens is 320 g/mol. The van der Waals surface area contributed by atoms with Gasteiger partial charge in [-0.1, -0.05) is 18.2 Å². The highest BCUT2D eigenvalue weighted by atomic mass is 16.5. The largest absolute Gasteiger partial charge is 0.493 e. The second-order valence-corrected chi connectivity index (χ2v) is 5.48. The van der Waals surface area contributed by atoms with Gasteiger partial charge in [-0.25, -0.2) is 0 Å². The summed E-state index contributed by atoms with van der Waals surface area (Å²) in [4.78, 5) is 23.1. The van der Waals surface area contributed by atoms with Crippen LogP contribution in [0.15, 0.2) is 42.5 Å². The fraction of sp³-hybridized carbons (Fsp3) is 0.263. The number of nitrogens with one attached hydrogen (secondary N) is 2. The Morgan fingerprint density at radius 3 is 2.04 bits per heavy atom. The van der Waals surface area contributed by atoms with E-state index in [1.807, 2.05) is 24.3 Å². The molecular formula is C19H22N2O4. The summed E-state index contributed by atoms with van der Waals surface area (Å²) in [6.45, 7) is 2.30. The van der Waals surface area contributed by atoms with E-state index in [0.717, 1.165) is 11.1 Å². The van der Waals surface area contributed by atoms with Crippen molar-refractivity contribution in [2.75, 3.05) is 14.2 Å². The third-order valence-electron chi connectivity index (χ3n) is 3.66. The average Bonchev–Trinajstić information content (AvgIpc) is 2.64. The summed E-state index contributed by atoms with van der Waals surface area (Å²) < 4.78 is 10.4. The maximum atomic E-state index is 12.2. The lowest BCUT2D eigenvalue weighted by atomic mass is 10.1. The van der Waals surface area contributed by atoms with E-state index in [-0.39, 0.29) is 11.8 Å². The lowest BCUT2D eigenvalue weighted by Gasteiger charge is -2.10. The van der Waals surface area contributed by atoms with Crippen LogP contribution in [0.2, 0.25) is 0 Å². The van der Waals surface area contributed by atoms with Crippen molar-refractivity contribution in [2.45, 2.75) is 20.0 Å². The van der Waals surface area contributed by atoms with Gasteiger partial charge in [-0.15, -0.1) is 0 Å². The summed E-state index contributed by atoms with van der Waals surface area (Å²) >= 11 is 0. The van der Waals surface area contributed by atoms with Crippen LogP contribution in [0, 0.1) is 0 Å². The molecule has 0 aliphatic rings. The summed E-state index contributed by atoms with van der Waals surface area (Å²) in [7, 11) is 3.15. The van der Waals surface area contributed by atoms with E-state index in [9.17, 15) is 9.59 Å². The molecule has 25 heavy (non-hydrogen) atoms. The van der Waals surface area contributed by atoms with Gasteiger partial charge >= 0.3 is 0 Å². The summed E-state index contributed by atoms with van der Waals surface area (Å²) in [6.07, 6.45) is 0. The molecule has 0 fully saturated rings. The van der Waals surface area contributed by atoms with Gasteiger partial charge in [-0.05, 0) is 35.4 Å². The monoisotopic (exact) mass is 342 g/mol. The fourth-order valence-electron chi connectivity index (χ4n) is 2.28. The molecule has 0 atom stereocenters. The number of carbonyl (C=O) groups is 2. The minimum absolute atomic E-state index is 0.0864. The molecule has 6 nitrogen and oxygen atoms in total. The van der Waals surface area contributed by atoms with Crippen LogP contribution in [0.5, 0.6) is 11.5 Å². The van der Waals surface area contributed by atoms with E-state index in [1.165, 1.54) is 6.92 Å². The molecule has 0 saturated heterocycles. The molecule has 0 aliphatic heterocycles. The topological polar surface area (TPSA) is 76.7 Å². The maximum Gasteiger partial charge on any atom is 0.251 e. The molecule has 2 N–H and O–H groups in total. The van der Waals surface area contributed by atoms with Crippen LogP contribution < -0.4 is 20.1 Å². The SMILES string of the molecule is COc1ccc(CNC(=O)c2ccc(CNC(C)=O)cc2)cc1OC. The quantitative estimate of drug-likeness (QED) is 0.809. The molecule has 6 heteroatoms. The van der Waals surface area contributed by atoms with Gasteiger partial charge in [-0.3, -0.25) is 9.59 Å². The van der Waals surface area contributed by atoms with E-state index in [2.05, 4.69) is 10.6 Å². The molecule has 2 aromatic carbocycles. The zero-order valence-corrected chi connectivity index (χ0v) is 14.6. The van der Waals surface area contributed by atoms with Crippen molar-refractivity contribution in [3.8, 4) is 11.5 Å². The molecule has 2 amide bonds. The van der Waals surface area contributed by atoms with Crippen LogP contribution in [0.25, 0.3) is 0 Å². The number of amides is 2. The molecule has 2 rings (SSSR count). The van der Waals surface area contributed by atoms with Crippen LogP contribution >= 0.6 is 0 Å². The van der Waals surface area contributed by atoms with E-state index >= 15 is 0 Å². The van der Waals surface area contributed by atoms with E-state index in [0.29, 0.717) is 30.2 Å². The van der Waals surface area contributed by atoms with Gasteiger partial charge in [0.25, 0.3) is 5.91 Å². The van der Waals surface area contributed by atoms with Gasteiger partial charge in [0.05, 0.1) is 14.2 Å². The Kier molecular flexibility index (Phi) is 6.39. The minimum atomic E-state index is -0.166. The molecule has 0 radical (unpaired) electrons. The smallest absolute Gasteiger partial charge is 0.251 e. The third-order valence-corrected chi connectivity index (χ3v) is 3.66. The van der Waals surface area contributed by atoms with Crippen molar-refractivity contribution in [1.29, 1.82) is 0 Å². The van der Waals surface area contributed by atoms with Gasteiger partial charge in [-0.2, -0.15) is 0 Å². The van der Waals surface area contributed by atoms with Gasteiger partial charge in [0.2, 0.25) is 5.91 Å². The number of methoxy groups -OCH3 is 2. The van der Waals surface area contributed by atoms with Gasteiger partial charge in [0.1, 0.15) is 0 Å². The first-order chi connectivity index (χ1) is 12.0. The summed E-state index contributed by atoms with van der Waals surface area (Å²) in [6, 6.07) is 12.6. The van der Waals surface area contributed by atoms with E-state index in [1.54, 1.807) is 32.4 Å². The first kappa shape index (κ1) is 18.3. The zero-order chi connectivity index (χ0) is 18.2. The number of ether oxygens (including phenoxy) is 2. The highest BCUT2D eigenvalue weighted by Gasteiger charge is 2.08. The van der Waals surface area contributed by atoms with Crippen LogP contribution in [-0.4, -0.2) is 26.0 Å². The first-order valence-electron chi connectivity index (χ1n) is 7.86. The molecule has 0 unspecified atom stereocenters. The lowest BCUT2D eigenvalue weighted by Crippen LogP contribution is -2.23. The highest BCUT2D eigenvalue weighted by molar-refractivity contribution is 5.94. The predicted octanol–water partition coefficient (Wildman–Crippen LogP) is 2.27. The Hall–Kier alpha value is -3.02. The van der Waals surface area contributed by atoms with Crippen LogP contribution in [-0.2, 0) is 17.9 Å². The Labute approximate surface area is 147 Å². The lowest BCUT2D eigenvalue weighted by molar-refractivity contribution is -0.119. The van der Waals surface area contributed by atoms with Crippen molar-refractivity contribution in [2.24, 2.45) is 0 Å². The second kappa shape index (κ2) is 8.73. The number of carbonyl (C=O) groups excluding carboxylic acids is 2. The van der Waals surface area contributed by atoms with E-state index < -0.39 is 0 Å². The third kappa shape index (κ3) is 5.24. The molecule has 0 heterocycles. The summed E-state index contributed by atoms with van der Waals surface area (Å²) in [5.41, 5.74) is 2.41. The molecule has 132 valence electrons. The molecule has 0 spiro atoms. The molecule has 0 aliphatic carbocycles. The van der Waals surface area contributed by atoms with E-state index in [4.69, 9.17) is 9.47 Å². The number of hydrogen-bond acceptors (Lipinski definition) is 4.